The molecular weight excluding hydrogens is 314 g/mol. The SMILES string of the molecule is [C-]#[N+]C1=C[C@]2(C)C3=CC(=O)C(C#N)=C[C@]3(CN)CC[C@H]2C(C)(C)C1=O. The van der Waals surface area contributed by atoms with Crippen LogP contribution in [0.1, 0.15) is 33.6 Å². The number of hydrogen-bond donors (Lipinski definition) is 1. The summed E-state index contributed by atoms with van der Waals surface area (Å²) in [6.45, 7) is 13.4. The number of carbonyl (C=O) groups excluding carboxylic acids is 2. The van der Waals surface area contributed by atoms with Crippen molar-refractivity contribution in [1.29, 1.82) is 5.26 Å². The second-order valence-electron chi connectivity index (χ2n) is 8.02. The van der Waals surface area contributed by atoms with Gasteiger partial charge in [0.2, 0.25) is 5.70 Å². The van der Waals surface area contributed by atoms with Crippen LogP contribution in [0.15, 0.2) is 35.1 Å². The molecule has 1 fully saturated rings. The first-order valence-electron chi connectivity index (χ1n) is 8.41. The minimum atomic E-state index is -0.687. The minimum Gasteiger partial charge on any atom is -0.329 e. The number of nitrogens with zero attached hydrogens (tertiary/aromatic N) is 2. The maximum absolute atomic E-state index is 12.7. The molecule has 0 heterocycles. The van der Waals surface area contributed by atoms with Crippen molar-refractivity contribution in [2.75, 3.05) is 6.54 Å². The summed E-state index contributed by atoms with van der Waals surface area (Å²) in [6, 6.07) is 1.97. The molecule has 3 atom stereocenters. The van der Waals surface area contributed by atoms with E-state index in [0.29, 0.717) is 6.42 Å². The fourth-order valence-corrected chi connectivity index (χ4v) is 5.13. The highest BCUT2D eigenvalue weighted by Gasteiger charge is 2.59. The van der Waals surface area contributed by atoms with Gasteiger partial charge in [-0.3, -0.25) is 4.79 Å². The number of Topliss-reactive ketones (excluding diaryl/α,β-unsaturated/α-hetero) is 1. The zero-order valence-electron chi connectivity index (χ0n) is 14.7. The molecule has 5 heteroatoms. The van der Waals surface area contributed by atoms with Crippen LogP contribution in [0.25, 0.3) is 4.85 Å². The summed E-state index contributed by atoms with van der Waals surface area (Å²) in [7, 11) is 0. The lowest BCUT2D eigenvalue weighted by Gasteiger charge is -2.57. The lowest BCUT2D eigenvalue weighted by atomic mass is 9.45. The van der Waals surface area contributed by atoms with Gasteiger partial charge in [0, 0.05) is 22.8 Å². The van der Waals surface area contributed by atoms with E-state index in [1.807, 2.05) is 26.8 Å². The molecule has 0 unspecified atom stereocenters. The maximum atomic E-state index is 12.7. The smallest absolute Gasteiger partial charge is 0.226 e. The van der Waals surface area contributed by atoms with E-state index in [2.05, 4.69) is 4.85 Å². The summed E-state index contributed by atoms with van der Waals surface area (Å²) in [4.78, 5) is 28.5. The fraction of sp³-hybridized carbons (Fsp3) is 0.500. The predicted molar refractivity (Wildman–Crippen MR) is 92.6 cm³/mol. The lowest BCUT2D eigenvalue weighted by Crippen LogP contribution is -2.55. The third-order valence-corrected chi connectivity index (χ3v) is 6.41. The summed E-state index contributed by atoms with van der Waals surface area (Å²) in [5, 5.41) is 9.25. The second-order valence-corrected chi connectivity index (χ2v) is 8.02. The Bertz CT molecular complexity index is 862. The van der Waals surface area contributed by atoms with Gasteiger partial charge in [0.1, 0.15) is 6.07 Å². The van der Waals surface area contributed by atoms with E-state index < -0.39 is 16.2 Å². The van der Waals surface area contributed by atoms with Crippen LogP contribution in [-0.4, -0.2) is 18.1 Å². The van der Waals surface area contributed by atoms with Crippen LogP contribution in [0, 0.1) is 40.1 Å². The number of hydrogen-bond acceptors (Lipinski definition) is 4. The van der Waals surface area contributed by atoms with Gasteiger partial charge in [-0.1, -0.05) is 32.9 Å². The topological polar surface area (TPSA) is 88.3 Å². The normalized spacial score (nSPS) is 36.1. The Labute approximate surface area is 147 Å². The monoisotopic (exact) mass is 335 g/mol. The molecular formula is C20H21N3O2. The van der Waals surface area contributed by atoms with Gasteiger partial charge < -0.3 is 10.5 Å². The number of allylic oxidation sites excluding steroid dienone is 4. The maximum Gasteiger partial charge on any atom is 0.226 e. The predicted octanol–water partition coefficient (Wildman–Crippen LogP) is 2.72. The van der Waals surface area contributed by atoms with Crippen LogP contribution >= 0.6 is 0 Å². The largest absolute Gasteiger partial charge is 0.329 e. The van der Waals surface area contributed by atoms with Crippen molar-refractivity contribution in [2.24, 2.45) is 27.9 Å². The number of ketones is 2. The van der Waals surface area contributed by atoms with Gasteiger partial charge in [-0.15, -0.1) is 0 Å². The molecule has 0 bridgehead atoms. The second kappa shape index (κ2) is 5.25. The van der Waals surface area contributed by atoms with E-state index in [1.54, 1.807) is 12.2 Å². The molecule has 0 saturated heterocycles. The van der Waals surface area contributed by atoms with Crippen molar-refractivity contribution in [2.45, 2.75) is 33.6 Å². The molecule has 128 valence electrons. The van der Waals surface area contributed by atoms with Crippen molar-refractivity contribution < 1.29 is 9.59 Å². The van der Waals surface area contributed by atoms with Crippen molar-refractivity contribution in [3.8, 4) is 6.07 Å². The number of rotatable bonds is 1. The first-order valence-corrected chi connectivity index (χ1v) is 8.41. The summed E-state index contributed by atoms with van der Waals surface area (Å²) in [5.74, 6) is -0.481. The highest BCUT2D eigenvalue weighted by atomic mass is 16.1. The highest BCUT2D eigenvalue weighted by Crippen LogP contribution is 2.63. The van der Waals surface area contributed by atoms with E-state index in [9.17, 15) is 14.9 Å². The van der Waals surface area contributed by atoms with Crippen molar-refractivity contribution in [1.82, 2.24) is 0 Å². The average molecular weight is 335 g/mol. The van der Waals surface area contributed by atoms with Crippen LogP contribution < -0.4 is 5.73 Å². The third-order valence-electron chi connectivity index (χ3n) is 6.41. The average Bonchev–Trinajstić information content (AvgIpc) is 2.58. The van der Waals surface area contributed by atoms with E-state index in [0.717, 1.165) is 12.0 Å². The fourth-order valence-electron chi connectivity index (χ4n) is 5.13. The van der Waals surface area contributed by atoms with Gasteiger partial charge >= 0.3 is 0 Å². The lowest BCUT2D eigenvalue weighted by molar-refractivity contribution is -0.130. The number of nitriles is 1. The van der Waals surface area contributed by atoms with Crippen LogP contribution in [0.5, 0.6) is 0 Å². The van der Waals surface area contributed by atoms with Gasteiger partial charge in [-0.25, -0.2) is 4.85 Å². The van der Waals surface area contributed by atoms with E-state index in [-0.39, 0.29) is 35.3 Å². The Balaban J connectivity index is 2.28. The van der Waals surface area contributed by atoms with Crippen LogP contribution in [0.3, 0.4) is 0 Å². The Morgan fingerprint density at radius 1 is 1.36 bits per heavy atom. The Hall–Kier alpha value is -2.50. The molecule has 3 aliphatic carbocycles. The zero-order valence-corrected chi connectivity index (χ0v) is 14.7. The van der Waals surface area contributed by atoms with E-state index in [1.165, 1.54) is 6.08 Å². The zero-order chi connectivity index (χ0) is 18.6. The Morgan fingerprint density at radius 3 is 2.60 bits per heavy atom. The molecule has 3 rings (SSSR count). The summed E-state index contributed by atoms with van der Waals surface area (Å²) < 4.78 is 0. The Kier molecular flexibility index (Phi) is 3.64. The number of fused-ring (bicyclic) bond motifs is 3. The first kappa shape index (κ1) is 17.3. The summed E-state index contributed by atoms with van der Waals surface area (Å²) >= 11 is 0. The number of nitrogens with two attached hydrogens (primary N) is 1. The molecule has 0 aromatic heterocycles. The van der Waals surface area contributed by atoms with Gasteiger partial charge in [0.05, 0.1) is 12.1 Å². The van der Waals surface area contributed by atoms with Gasteiger partial charge in [-0.05, 0) is 30.4 Å². The number of carbonyl (C=O) groups is 2. The molecule has 2 N–H and O–H groups in total. The standard InChI is InChI=1S/C20H21N3O2/c1-18(2)15-5-6-20(11-22)8-12(10-21)14(24)7-16(20)19(15,3)9-13(23-4)17(18)25/h7-9,15H,5-6,11,22H2,1-3H3/t15-,19-,20-/m0/s1. The molecule has 0 aromatic rings. The van der Waals surface area contributed by atoms with E-state index in [4.69, 9.17) is 12.3 Å². The molecule has 5 nitrogen and oxygen atoms in total. The summed E-state index contributed by atoms with van der Waals surface area (Å²) in [5.41, 5.74) is 5.32. The van der Waals surface area contributed by atoms with Crippen LogP contribution in [0.2, 0.25) is 0 Å². The van der Waals surface area contributed by atoms with Gasteiger partial charge in [0.25, 0.3) is 0 Å². The van der Waals surface area contributed by atoms with Crippen molar-refractivity contribution in [3.05, 3.63) is 46.5 Å². The third kappa shape index (κ3) is 2.09. The molecule has 3 aliphatic rings. The highest BCUT2D eigenvalue weighted by molar-refractivity contribution is 6.09. The Morgan fingerprint density at radius 2 is 2.04 bits per heavy atom. The molecule has 0 amide bonds. The van der Waals surface area contributed by atoms with Crippen molar-refractivity contribution >= 4 is 11.6 Å². The van der Waals surface area contributed by atoms with Crippen molar-refractivity contribution in [3.63, 3.8) is 0 Å². The van der Waals surface area contributed by atoms with Crippen LogP contribution in [0.4, 0.5) is 0 Å². The molecule has 0 spiro atoms. The molecule has 0 aliphatic heterocycles. The van der Waals surface area contributed by atoms with Gasteiger partial charge in [0.15, 0.2) is 11.6 Å². The summed E-state index contributed by atoms with van der Waals surface area (Å²) in [6.07, 6.45) is 6.40. The quantitative estimate of drug-likeness (QED) is 0.746. The molecule has 0 aromatic carbocycles. The van der Waals surface area contributed by atoms with Gasteiger partial charge in [-0.2, -0.15) is 5.26 Å². The minimum absolute atomic E-state index is 0.0197. The molecule has 1 saturated carbocycles. The van der Waals surface area contributed by atoms with Crippen LogP contribution in [-0.2, 0) is 9.59 Å². The molecule has 0 radical (unpaired) electrons. The first-order chi connectivity index (χ1) is 11.7. The molecule has 25 heavy (non-hydrogen) atoms. The van der Waals surface area contributed by atoms with E-state index >= 15 is 0 Å².